The molecular weight excluding hydrogens is 348 g/mol. The fourth-order valence-corrected chi connectivity index (χ4v) is 5.26. The van der Waals surface area contributed by atoms with Gasteiger partial charge in [0.15, 0.2) is 11.5 Å². The summed E-state index contributed by atoms with van der Waals surface area (Å²) in [6.07, 6.45) is 6.33. The van der Waals surface area contributed by atoms with Crippen LogP contribution in [0.4, 0.5) is 5.69 Å². The summed E-state index contributed by atoms with van der Waals surface area (Å²) in [6.45, 7) is 3.09. The van der Waals surface area contributed by atoms with Crippen LogP contribution in [0.2, 0.25) is 0 Å². The molecule has 28 heavy (non-hydrogen) atoms. The number of hydrogen-bond donors (Lipinski definition) is 1. The molecule has 0 aromatic heterocycles. The van der Waals surface area contributed by atoms with Gasteiger partial charge in [-0.2, -0.15) is 0 Å². The Morgan fingerprint density at radius 1 is 1.14 bits per heavy atom. The molecule has 3 atom stereocenters. The Kier molecular flexibility index (Phi) is 4.89. The van der Waals surface area contributed by atoms with Gasteiger partial charge in [-0.15, -0.1) is 0 Å². The maximum Gasteiger partial charge on any atom is 0.166 e. The molecule has 5 rings (SSSR count). The lowest BCUT2D eigenvalue weighted by Gasteiger charge is -2.39. The smallest absolute Gasteiger partial charge is 0.166 e. The molecular formula is C24H30N2O2. The predicted molar refractivity (Wildman–Crippen MR) is 113 cm³/mol. The molecule has 0 amide bonds. The molecule has 2 fully saturated rings. The Morgan fingerprint density at radius 3 is 2.89 bits per heavy atom. The van der Waals surface area contributed by atoms with Gasteiger partial charge in [0.25, 0.3) is 0 Å². The average molecular weight is 379 g/mol. The lowest BCUT2D eigenvalue weighted by atomic mass is 9.90. The lowest BCUT2D eigenvalue weighted by molar-refractivity contribution is 0.132. The molecule has 0 radical (unpaired) electrons. The van der Waals surface area contributed by atoms with E-state index in [0.29, 0.717) is 18.1 Å². The first-order valence-corrected chi connectivity index (χ1v) is 10.7. The largest absolute Gasteiger partial charge is 0.493 e. The summed E-state index contributed by atoms with van der Waals surface area (Å²) in [4.78, 5) is 2.56. The number of ether oxygens (including phenoxy) is 2. The van der Waals surface area contributed by atoms with Crippen LogP contribution >= 0.6 is 0 Å². The molecule has 4 nitrogen and oxygen atoms in total. The van der Waals surface area contributed by atoms with Gasteiger partial charge in [-0.05, 0) is 49.8 Å². The summed E-state index contributed by atoms with van der Waals surface area (Å²) in [7, 11) is 1.75. The molecule has 2 aromatic rings. The van der Waals surface area contributed by atoms with Gasteiger partial charge in [-0.1, -0.05) is 30.3 Å². The van der Waals surface area contributed by atoms with E-state index < -0.39 is 0 Å². The van der Waals surface area contributed by atoms with E-state index in [-0.39, 0.29) is 0 Å². The molecule has 0 spiro atoms. The first kappa shape index (κ1) is 17.9. The van der Waals surface area contributed by atoms with Crippen molar-refractivity contribution in [3.05, 3.63) is 53.6 Å². The van der Waals surface area contributed by atoms with E-state index in [9.17, 15) is 0 Å². The number of piperazine rings is 1. The summed E-state index contributed by atoms with van der Waals surface area (Å²) in [6, 6.07) is 15.6. The van der Waals surface area contributed by atoms with Crippen molar-refractivity contribution in [1.82, 2.24) is 5.32 Å². The maximum atomic E-state index is 6.46. The first-order chi connectivity index (χ1) is 13.8. The Balaban J connectivity index is 1.40. The maximum absolute atomic E-state index is 6.46. The van der Waals surface area contributed by atoms with E-state index in [2.05, 4.69) is 52.7 Å². The molecule has 1 saturated carbocycles. The standard InChI is InChI=1S/C24H30N2O2/c1-27-23-11-10-21(20-15-18-8-5-9-22(18)28-24(20)23)26-13-12-25-19(16-26)14-17-6-3-2-4-7-17/h2-4,6-7,10-11,18-19,22,25H,5,8-9,12-16H2,1H3/t18?,19-,22?/m0/s1. The second-order valence-corrected chi connectivity index (χ2v) is 8.43. The van der Waals surface area contributed by atoms with Crippen molar-refractivity contribution in [2.45, 2.75) is 44.2 Å². The first-order valence-electron chi connectivity index (χ1n) is 10.7. The summed E-state index contributed by atoms with van der Waals surface area (Å²) < 4.78 is 12.1. The van der Waals surface area contributed by atoms with E-state index in [4.69, 9.17) is 9.47 Å². The van der Waals surface area contributed by atoms with Crippen molar-refractivity contribution in [2.75, 3.05) is 31.6 Å². The minimum Gasteiger partial charge on any atom is -0.493 e. The van der Waals surface area contributed by atoms with Gasteiger partial charge >= 0.3 is 0 Å². The summed E-state index contributed by atoms with van der Waals surface area (Å²) in [5.41, 5.74) is 4.11. The fraction of sp³-hybridized carbons (Fsp3) is 0.500. The minimum absolute atomic E-state index is 0.380. The normalized spacial score (nSPS) is 26.3. The highest BCUT2D eigenvalue weighted by Gasteiger charge is 2.37. The number of hydrogen-bond acceptors (Lipinski definition) is 4. The summed E-state index contributed by atoms with van der Waals surface area (Å²) in [5.74, 6) is 2.56. The third-order valence-electron chi connectivity index (χ3n) is 6.67. The summed E-state index contributed by atoms with van der Waals surface area (Å²) >= 11 is 0. The van der Waals surface area contributed by atoms with Crippen molar-refractivity contribution in [1.29, 1.82) is 0 Å². The molecule has 2 unspecified atom stereocenters. The molecule has 148 valence electrons. The Labute approximate surface area is 167 Å². The van der Waals surface area contributed by atoms with Crippen LogP contribution in [-0.2, 0) is 12.8 Å². The van der Waals surface area contributed by atoms with Crippen LogP contribution in [0.25, 0.3) is 0 Å². The molecule has 1 aliphatic carbocycles. The zero-order valence-corrected chi connectivity index (χ0v) is 16.7. The van der Waals surface area contributed by atoms with Crippen LogP contribution in [0.5, 0.6) is 11.5 Å². The number of fused-ring (bicyclic) bond motifs is 2. The van der Waals surface area contributed by atoms with Crippen LogP contribution < -0.4 is 19.7 Å². The van der Waals surface area contributed by atoms with E-state index in [1.807, 2.05) is 0 Å². The second-order valence-electron chi connectivity index (χ2n) is 8.43. The number of nitrogens with one attached hydrogen (secondary N) is 1. The number of anilines is 1. The lowest BCUT2D eigenvalue weighted by Crippen LogP contribution is -2.52. The van der Waals surface area contributed by atoms with Gasteiger partial charge in [-0.3, -0.25) is 0 Å². The zero-order valence-electron chi connectivity index (χ0n) is 16.7. The van der Waals surface area contributed by atoms with Crippen molar-refractivity contribution in [3.8, 4) is 11.5 Å². The highest BCUT2D eigenvalue weighted by molar-refractivity contribution is 5.65. The molecule has 1 saturated heterocycles. The van der Waals surface area contributed by atoms with Crippen LogP contribution in [0.3, 0.4) is 0 Å². The van der Waals surface area contributed by atoms with Crippen molar-refractivity contribution in [2.24, 2.45) is 5.92 Å². The second kappa shape index (κ2) is 7.67. The molecule has 2 aromatic carbocycles. The van der Waals surface area contributed by atoms with E-state index >= 15 is 0 Å². The SMILES string of the molecule is COc1ccc(N2CCN[C@@H](Cc3ccccc3)C2)c2c1OC1CCCC1C2. The van der Waals surface area contributed by atoms with Gasteiger partial charge in [-0.25, -0.2) is 0 Å². The zero-order chi connectivity index (χ0) is 18.9. The minimum atomic E-state index is 0.380. The Hall–Kier alpha value is -2.20. The summed E-state index contributed by atoms with van der Waals surface area (Å²) in [5, 5.41) is 3.71. The van der Waals surface area contributed by atoms with Gasteiger partial charge in [0.1, 0.15) is 6.10 Å². The molecule has 1 N–H and O–H groups in total. The van der Waals surface area contributed by atoms with Gasteiger partial charge in [0, 0.05) is 42.8 Å². The number of rotatable bonds is 4. The van der Waals surface area contributed by atoms with E-state index in [0.717, 1.165) is 44.0 Å². The third-order valence-corrected chi connectivity index (χ3v) is 6.67. The van der Waals surface area contributed by atoms with Crippen LogP contribution in [-0.4, -0.2) is 38.9 Å². The average Bonchev–Trinajstić information content (AvgIpc) is 3.20. The van der Waals surface area contributed by atoms with Crippen LogP contribution in [0.1, 0.15) is 30.4 Å². The van der Waals surface area contributed by atoms with E-state index in [1.54, 1.807) is 7.11 Å². The third kappa shape index (κ3) is 3.35. The topological polar surface area (TPSA) is 33.7 Å². The van der Waals surface area contributed by atoms with Gasteiger partial charge in [0.2, 0.25) is 0 Å². The molecule has 2 aliphatic heterocycles. The van der Waals surface area contributed by atoms with Gasteiger partial charge in [0.05, 0.1) is 7.11 Å². The van der Waals surface area contributed by atoms with Crippen molar-refractivity contribution in [3.63, 3.8) is 0 Å². The highest BCUT2D eigenvalue weighted by Crippen LogP contribution is 2.47. The molecule has 3 aliphatic rings. The van der Waals surface area contributed by atoms with E-state index in [1.165, 1.54) is 36.1 Å². The van der Waals surface area contributed by atoms with Crippen LogP contribution in [0, 0.1) is 5.92 Å². The fourth-order valence-electron chi connectivity index (χ4n) is 5.26. The monoisotopic (exact) mass is 378 g/mol. The molecule has 4 heteroatoms. The predicted octanol–water partition coefficient (Wildman–Crippen LogP) is 3.82. The Bertz CT molecular complexity index is 823. The van der Waals surface area contributed by atoms with Crippen LogP contribution in [0.15, 0.2) is 42.5 Å². The number of benzene rings is 2. The molecule has 2 heterocycles. The quantitative estimate of drug-likeness (QED) is 0.877. The van der Waals surface area contributed by atoms with Crippen molar-refractivity contribution < 1.29 is 9.47 Å². The molecule has 0 bridgehead atoms. The highest BCUT2D eigenvalue weighted by atomic mass is 16.5. The number of nitrogens with zero attached hydrogens (tertiary/aromatic N) is 1. The van der Waals surface area contributed by atoms with Gasteiger partial charge < -0.3 is 19.7 Å². The van der Waals surface area contributed by atoms with Crippen molar-refractivity contribution >= 4 is 5.69 Å². The number of methoxy groups -OCH3 is 1. The Morgan fingerprint density at radius 2 is 2.04 bits per heavy atom.